The second-order valence-electron chi connectivity index (χ2n) is 4.49. The Kier molecular flexibility index (Phi) is 4.39. The van der Waals surface area contributed by atoms with Crippen molar-refractivity contribution in [2.75, 3.05) is 18.8 Å². The van der Waals surface area contributed by atoms with Gasteiger partial charge in [-0.05, 0) is 31.5 Å². The van der Waals surface area contributed by atoms with Gasteiger partial charge in [-0.2, -0.15) is 0 Å². The molecule has 1 saturated heterocycles. The van der Waals surface area contributed by atoms with E-state index in [1.54, 1.807) is 0 Å². The summed E-state index contributed by atoms with van der Waals surface area (Å²) in [4.78, 5) is 8.74. The SMILES string of the molecule is Cl.Nc1nc2ccccc2nc1OC1CCCNC1. The Morgan fingerprint density at radius 2 is 1.95 bits per heavy atom. The van der Waals surface area contributed by atoms with Crippen LogP contribution in [0.15, 0.2) is 24.3 Å². The largest absolute Gasteiger partial charge is 0.470 e. The topological polar surface area (TPSA) is 73.1 Å². The molecule has 0 aliphatic carbocycles. The van der Waals surface area contributed by atoms with Gasteiger partial charge in [0.05, 0.1) is 11.0 Å². The number of ether oxygens (including phenoxy) is 1. The van der Waals surface area contributed by atoms with Crippen molar-refractivity contribution in [3.8, 4) is 5.88 Å². The van der Waals surface area contributed by atoms with Gasteiger partial charge in [0.15, 0.2) is 5.82 Å². The summed E-state index contributed by atoms with van der Waals surface area (Å²) in [6, 6.07) is 7.65. The van der Waals surface area contributed by atoms with Crippen molar-refractivity contribution in [2.45, 2.75) is 18.9 Å². The molecule has 1 aromatic heterocycles. The second kappa shape index (κ2) is 6.04. The zero-order chi connectivity index (χ0) is 12.4. The number of nitrogens with two attached hydrogens (primary N) is 1. The summed E-state index contributed by atoms with van der Waals surface area (Å²) in [6.07, 6.45) is 2.28. The summed E-state index contributed by atoms with van der Waals surface area (Å²) < 4.78 is 5.83. The molecule has 5 nitrogen and oxygen atoms in total. The highest BCUT2D eigenvalue weighted by Gasteiger charge is 2.17. The van der Waals surface area contributed by atoms with Crippen molar-refractivity contribution in [3.05, 3.63) is 24.3 Å². The first-order valence-electron chi connectivity index (χ1n) is 6.22. The van der Waals surface area contributed by atoms with Crippen LogP contribution in [0, 0.1) is 0 Å². The van der Waals surface area contributed by atoms with Crippen LogP contribution in [0.4, 0.5) is 5.82 Å². The Morgan fingerprint density at radius 1 is 1.21 bits per heavy atom. The molecule has 1 fully saturated rings. The standard InChI is InChI=1S/C13H16N4O.ClH/c14-12-13(18-9-4-3-7-15-8-9)17-11-6-2-1-5-10(11)16-12;/h1-2,5-6,9,15H,3-4,7-8H2,(H2,14,16);1H. The lowest BCUT2D eigenvalue weighted by atomic mass is 10.1. The highest BCUT2D eigenvalue weighted by Crippen LogP contribution is 2.22. The van der Waals surface area contributed by atoms with E-state index in [2.05, 4.69) is 15.3 Å². The lowest BCUT2D eigenvalue weighted by molar-refractivity contribution is 0.161. The van der Waals surface area contributed by atoms with Crippen LogP contribution in [-0.4, -0.2) is 29.2 Å². The Morgan fingerprint density at radius 3 is 2.63 bits per heavy atom. The van der Waals surface area contributed by atoms with E-state index >= 15 is 0 Å². The van der Waals surface area contributed by atoms with Gasteiger partial charge in [-0.1, -0.05) is 12.1 Å². The molecule has 1 atom stereocenters. The molecule has 2 heterocycles. The van der Waals surface area contributed by atoms with E-state index in [0.29, 0.717) is 11.7 Å². The van der Waals surface area contributed by atoms with Gasteiger partial charge in [-0.15, -0.1) is 12.4 Å². The number of fused-ring (bicyclic) bond motifs is 1. The summed E-state index contributed by atoms with van der Waals surface area (Å²) in [5.74, 6) is 0.807. The number of halogens is 1. The summed E-state index contributed by atoms with van der Waals surface area (Å²) in [5.41, 5.74) is 7.49. The van der Waals surface area contributed by atoms with E-state index in [-0.39, 0.29) is 18.5 Å². The van der Waals surface area contributed by atoms with Crippen LogP contribution in [-0.2, 0) is 0 Å². The molecule has 1 aromatic carbocycles. The molecule has 0 spiro atoms. The Hall–Kier alpha value is -1.59. The van der Waals surface area contributed by atoms with Crippen LogP contribution < -0.4 is 15.8 Å². The fraction of sp³-hybridized carbons (Fsp3) is 0.385. The molecular formula is C13H17ClN4O. The van der Waals surface area contributed by atoms with E-state index in [1.807, 2.05) is 24.3 Å². The first kappa shape index (κ1) is 13.8. The zero-order valence-electron chi connectivity index (χ0n) is 10.5. The normalized spacial score (nSPS) is 18.8. The Balaban J connectivity index is 0.00000133. The molecule has 3 rings (SSSR count). The highest BCUT2D eigenvalue weighted by molar-refractivity contribution is 5.85. The monoisotopic (exact) mass is 280 g/mol. The lowest BCUT2D eigenvalue weighted by Crippen LogP contribution is -2.37. The summed E-state index contributed by atoms with van der Waals surface area (Å²) in [7, 11) is 0. The number of benzene rings is 1. The van der Waals surface area contributed by atoms with Crippen molar-refractivity contribution in [3.63, 3.8) is 0 Å². The lowest BCUT2D eigenvalue weighted by Gasteiger charge is -2.23. The van der Waals surface area contributed by atoms with E-state index in [1.165, 1.54) is 0 Å². The van der Waals surface area contributed by atoms with Crippen molar-refractivity contribution in [2.24, 2.45) is 0 Å². The number of aromatic nitrogens is 2. The molecule has 0 amide bonds. The number of para-hydroxylation sites is 2. The Labute approximate surface area is 118 Å². The number of rotatable bonds is 2. The maximum absolute atomic E-state index is 5.88. The first-order chi connectivity index (χ1) is 8.83. The number of nitrogens with zero attached hydrogens (tertiary/aromatic N) is 2. The molecule has 0 saturated carbocycles. The number of hydrogen-bond acceptors (Lipinski definition) is 5. The van der Waals surface area contributed by atoms with Crippen LogP contribution in [0.1, 0.15) is 12.8 Å². The number of nitrogens with one attached hydrogen (secondary N) is 1. The molecule has 3 N–H and O–H groups in total. The van der Waals surface area contributed by atoms with E-state index < -0.39 is 0 Å². The van der Waals surface area contributed by atoms with Gasteiger partial charge in [0, 0.05) is 6.54 Å². The molecule has 1 unspecified atom stereocenters. The minimum absolute atomic E-state index is 0. The minimum atomic E-state index is 0. The van der Waals surface area contributed by atoms with Gasteiger partial charge in [0.2, 0.25) is 0 Å². The van der Waals surface area contributed by atoms with Crippen molar-refractivity contribution in [1.29, 1.82) is 0 Å². The van der Waals surface area contributed by atoms with Crippen LogP contribution in [0.2, 0.25) is 0 Å². The van der Waals surface area contributed by atoms with Gasteiger partial charge < -0.3 is 15.8 Å². The van der Waals surface area contributed by atoms with Crippen molar-refractivity contribution < 1.29 is 4.74 Å². The molecule has 19 heavy (non-hydrogen) atoms. The van der Waals surface area contributed by atoms with Crippen molar-refractivity contribution >= 4 is 29.3 Å². The molecular weight excluding hydrogens is 264 g/mol. The third-order valence-corrected chi connectivity index (χ3v) is 3.09. The minimum Gasteiger partial charge on any atom is -0.470 e. The van der Waals surface area contributed by atoms with Gasteiger partial charge in [0.1, 0.15) is 6.10 Å². The number of anilines is 1. The maximum atomic E-state index is 5.88. The maximum Gasteiger partial charge on any atom is 0.258 e. The molecule has 6 heteroatoms. The summed E-state index contributed by atoms with van der Waals surface area (Å²) in [6.45, 7) is 1.90. The third-order valence-electron chi connectivity index (χ3n) is 3.09. The molecule has 102 valence electrons. The average Bonchev–Trinajstić information content (AvgIpc) is 2.41. The highest BCUT2D eigenvalue weighted by atomic mass is 35.5. The van der Waals surface area contributed by atoms with Crippen LogP contribution in [0.3, 0.4) is 0 Å². The molecule has 0 radical (unpaired) electrons. The molecule has 2 aromatic rings. The smallest absolute Gasteiger partial charge is 0.258 e. The fourth-order valence-electron chi connectivity index (χ4n) is 2.16. The summed E-state index contributed by atoms with van der Waals surface area (Å²) >= 11 is 0. The fourth-order valence-corrected chi connectivity index (χ4v) is 2.16. The quantitative estimate of drug-likeness (QED) is 0.877. The van der Waals surface area contributed by atoms with Gasteiger partial charge in [-0.25, -0.2) is 9.97 Å². The third kappa shape index (κ3) is 3.05. The summed E-state index contributed by atoms with van der Waals surface area (Å²) in [5, 5.41) is 3.30. The van der Waals surface area contributed by atoms with Crippen LogP contribution in [0.5, 0.6) is 5.88 Å². The first-order valence-corrected chi connectivity index (χ1v) is 6.22. The van der Waals surface area contributed by atoms with E-state index in [0.717, 1.165) is 37.0 Å². The molecule has 0 bridgehead atoms. The number of piperidine rings is 1. The number of nitrogen functional groups attached to an aromatic ring is 1. The van der Waals surface area contributed by atoms with Gasteiger partial charge >= 0.3 is 0 Å². The van der Waals surface area contributed by atoms with Crippen molar-refractivity contribution in [1.82, 2.24) is 15.3 Å². The van der Waals surface area contributed by atoms with Crippen LogP contribution in [0.25, 0.3) is 11.0 Å². The Bertz CT molecular complexity index is 557. The molecule has 1 aliphatic heterocycles. The second-order valence-corrected chi connectivity index (χ2v) is 4.49. The predicted molar refractivity (Wildman–Crippen MR) is 77.7 cm³/mol. The predicted octanol–water partition coefficient (Wildman–Crippen LogP) is 1.76. The average molecular weight is 281 g/mol. The number of hydrogen-bond donors (Lipinski definition) is 2. The van der Waals surface area contributed by atoms with Crippen LogP contribution >= 0.6 is 12.4 Å². The van der Waals surface area contributed by atoms with E-state index in [4.69, 9.17) is 10.5 Å². The van der Waals surface area contributed by atoms with Gasteiger partial charge in [0.25, 0.3) is 5.88 Å². The van der Waals surface area contributed by atoms with E-state index in [9.17, 15) is 0 Å². The zero-order valence-corrected chi connectivity index (χ0v) is 11.3. The molecule has 1 aliphatic rings. The van der Waals surface area contributed by atoms with Gasteiger partial charge in [-0.3, -0.25) is 0 Å².